The van der Waals surface area contributed by atoms with Gasteiger partial charge in [-0.1, -0.05) is 0 Å². The van der Waals surface area contributed by atoms with Gasteiger partial charge in [0.1, 0.15) is 0 Å². The van der Waals surface area contributed by atoms with Crippen LogP contribution in [0.5, 0.6) is 0 Å². The van der Waals surface area contributed by atoms with Gasteiger partial charge in [0, 0.05) is 0 Å². The first-order valence-corrected chi connectivity index (χ1v) is 4.61. The molecule has 0 amide bonds. The molecule has 0 aliphatic heterocycles. The fourth-order valence-electron chi connectivity index (χ4n) is 0. The second-order valence-electron chi connectivity index (χ2n) is 0.757. The highest BCUT2D eigenvalue weighted by Crippen LogP contribution is 2.22. The summed E-state index contributed by atoms with van der Waals surface area (Å²) in [4.78, 5) is 0. The Kier molecular flexibility index (Phi) is 2.16. The van der Waals surface area contributed by atoms with Crippen LogP contribution >= 0.6 is 16.2 Å². The Bertz CT molecular complexity index is 27.0. The summed E-state index contributed by atoms with van der Waals surface area (Å²) < 4.78 is 0. The Morgan fingerprint density at radius 2 is 2.00 bits per heavy atom. The van der Waals surface area contributed by atoms with Crippen LogP contribution in [0, 0.1) is 0 Å². The van der Waals surface area contributed by atoms with E-state index >= 15 is 0 Å². The molecule has 2 unspecified atom stereocenters. The van der Waals surface area contributed by atoms with E-state index in [1.54, 1.807) is 0 Å². The Morgan fingerprint density at radius 3 is 2.00 bits per heavy atom. The van der Waals surface area contributed by atoms with Crippen molar-refractivity contribution in [3.05, 3.63) is 0 Å². The van der Waals surface area contributed by atoms with Crippen LogP contribution in [0.4, 0.5) is 0 Å². The number of rotatable bonds is 0. The molecule has 0 aromatic heterocycles. The Balaban J connectivity index is 2.80. The summed E-state index contributed by atoms with van der Waals surface area (Å²) >= 11 is 0. The van der Waals surface area contributed by atoms with Crippen molar-refractivity contribution < 1.29 is 0 Å². The van der Waals surface area contributed by atoms with Crippen molar-refractivity contribution in [2.24, 2.45) is 0 Å². The minimum Gasteiger partial charge on any atom is 0.0735 e. The smallest absolute Gasteiger partial charge is 0.0735 e. The number of hydrogen-bond donors (Lipinski definition) is 0. The molecule has 0 rings (SSSR count). The lowest BCUT2D eigenvalue weighted by atomic mass is 11.9. The second-order valence-corrected chi connectivity index (χ2v) is 4.92. The highest BCUT2D eigenvalue weighted by atomic mass is 32.0. The average molecular weight is 93.0 g/mol. The van der Waals surface area contributed by atoms with Crippen molar-refractivity contribution in [3.63, 3.8) is 0 Å². The molecule has 0 aliphatic carbocycles. The van der Waals surface area contributed by atoms with Crippen LogP contribution in [0.2, 0.25) is 0 Å². The third-order valence-corrected chi connectivity index (χ3v) is 0. The molecule has 0 aliphatic rings. The second kappa shape index (κ2) is 1.88. The Morgan fingerprint density at radius 1 is 2.00 bits per heavy atom. The molecule has 0 N–H and O–H groups in total. The van der Waals surface area contributed by atoms with E-state index in [4.69, 9.17) is 0 Å². The first kappa shape index (κ1) is 4.60. The lowest BCUT2D eigenvalue weighted by Crippen LogP contribution is -1.19. The summed E-state index contributed by atoms with van der Waals surface area (Å²) in [6.45, 7) is 2.08. The van der Waals surface area contributed by atoms with E-state index in [2.05, 4.69) is 21.9 Å². The van der Waals surface area contributed by atoms with Crippen molar-refractivity contribution in [1.29, 1.82) is 0 Å². The van der Waals surface area contributed by atoms with Gasteiger partial charge >= 0.3 is 0 Å². The minimum atomic E-state index is 0.0463. The van der Waals surface area contributed by atoms with Gasteiger partial charge in [-0.25, -0.2) is 0 Å². The minimum absolute atomic E-state index is 0.0463. The van der Waals surface area contributed by atoms with Crippen LogP contribution in [0.25, 0.3) is 0 Å². The zero-order chi connectivity index (χ0) is 3.58. The third kappa shape index (κ3) is 18.5. The summed E-state index contributed by atoms with van der Waals surface area (Å²) in [6.07, 6.45) is 3.67. The largest absolute Gasteiger partial charge is 0.0970 e. The monoisotopic (exact) mass is 93.0 g/mol. The van der Waals surface area contributed by atoms with Crippen molar-refractivity contribution in [2.45, 2.75) is 0 Å². The maximum atomic E-state index is 3.67. The van der Waals surface area contributed by atoms with Gasteiger partial charge in [-0.15, -0.1) is 0 Å². The van der Waals surface area contributed by atoms with E-state index in [1.165, 1.54) is 0 Å². The zero-order valence-corrected chi connectivity index (χ0v) is 4.78. The quantitative estimate of drug-likeness (QED) is 0.396. The summed E-state index contributed by atoms with van der Waals surface area (Å²) in [6, 6.07) is 0. The van der Waals surface area contributed by atoms with Gasteiger partial charge in [0.15, 0.2) is 0 Å². The molecule has 4 heavy (non-hydrogen) atoms. The first-order chi connectivity index (χ1) is 1.73. The van der Waals surface area contributed by atoms with E-state index in [-0.39, 0.29) is 7.23 Å². The van der Waals surface area contributed by atoms with Gasteiger partial charge in [-0.3, -0.25) is 0 Å². The molecular weight excluding hydrogens is 86.0 g/mol. The molecule has 0 nitrogen and oxygen atoms in total. The summed E-state index contributed by atoms with van der Waals surface area (Å²) in [5.41, 5.74) is 0. The maximum Gasteiger partial charge on any atom is 0.0970 e. The predicted molar refractivity (Wildman–Crippen MR) is 29.7 cm³/mol. The van der Waals surface area contributed by atoms with Gasteiger partial charge in [0.05, 0.1) is 29.1 Å². The Labute approximate surface area is 30.1 Å². The predicted octanol–water partition coefficient (Wildman–Crippen LogP) is 1.32. The lowest BCUT2D eigenvalue weighted by molar-refractivity contribution is 2.50. The molecule has 0 radical (unpaired) electrons. The van der Waals surface area contributed by atoms with Crippen molar-refractivity contribution in [3.8, 4) is 0 Å². The summed E-state index contributed by atoms with van der Waals surface area (Å²) in [7, 11) is 2.66. The van der Waals surface area contributed by atoms with Crippen molar-refractivity contribution in [2.75, 3.05) is 6.66 Å². The third-order valence-electron chi connectivity index (χ3n) is 0. The normalized spacial score (nSPS) is 11.0. The molecule has 2 heteroatoms. The molecule has 0 spiro atoms. The number of hydrogen-bond acceptors (Lipinski definition) is 0. The summed E-state index contributed by atoms with van der Waals surface area (Å²) in [5.74, 6) is 0. The van der Waals surface area contributed by atoms with Crippen LogP contribution in [0.3, 0.4) is 0 Å². The molecular formula is C2H7P2+. The molecule has 0 bridgehead atoms. The molecule has 0 saturated heterocycles. The molecule has 24 valence electrons. The summed E-state index contributed by atoms with van der Waals surface area (Å²) in [5, 5.41) is 0. The lowest BCUT2D eigenvalue weighted by Gasteiger charge is -1.49. The van der Waals surface area contributed by atoms with Crippen LogP contribution in [0.15, 0.2) is 0 Å². The van der Waals surface area contributed by atoms with Gasteiger partial charge in [-0.05, 0) is 0 Å². The van der Waals surface area contributed by atoms with E-state index < -0.39 is 0 Å². The van der Waals surface area contributed by atoms with E-state index in [9.17, 15) is 0 Å². The molecule has 0 aromatic rings. The van der Waals surface area contributed by atoms with Gasteiger partial charge < -0.3 is 0 Å². The first-order valence-electron chi connectivity index (χ1n) is 1.02. The highest BCUT2D eigenvalue weighted by Gasteiger charge is 1.67. The molecule has 2 atom stereocenters. The Hall–Kier alpha value is 0.600. The van der Waals surface area contributed by atoms with Crippen LogP contribution < -0.4 is 0 Å². The zero-order valence-electron chi connectivity index (χ0n) is 2.73. The van der Waals surface area contributed by atoms with Crippen molar-refractivity contribution >= 4 is 22.5 Å². The van der Waals surface area contributed by atoms with Crippen LogP contribution in [0.1, 0.15) is 0 Å². The van der Waals surface area contributed by atoms with Crippen molar-refractivity contribution in [1.82, 2.24) is 0 Å². The SMILES string of the molecule is C=[P+](C)P. The molecule has 0 saturated carbocycles. The fourth-order valence-corrected chi connectivity index (χ4v) is 0. The molecule has 0 aromatic carbocycles. The van der Waals surface area contributed by atoms with E-state index in [1.807, 2.05) is 0 Å². The van der Waals surface area contributed by atoms with E-state index in [0.29, 0.717) is 0 Å². The van der Waals surface area contributed by atoms with Gasteiger partial charge in [0.2, 0.25) is 0 Å². The average Bonchev–Trinajstić information content (AvgIpc) is 0.811. The van der Waals surface area contributed by atoms with E-state index in [0.717, 1.165) is 0 Å². The molecule has 0 heterocycles. The molecule has 0 fully saturated rings. The highest BCUT2D eigenvalue weighted by molar-refractivity contribution is 8.11. The van der Waals surface area contributed by atoms with Gasteiger partial charge in [0.25, 0.3) is 0 Å². The topological polar surface area (TPSA) is 0 Å². The van der Waals surface area contributed by atoms with Gasteiger partial charge in [-0.2, -0.15) is 0 Å². The fraction of sp³-hybridized carbons (Fsp3) is 0.500. The standard InChI is InChI=1S/C2H7P2/c1-4(2)3/h1,3H2,2H3/q+1. The maximum absolute atomic E-state index is 3.67. The van der Waals surface area contributed by atoms with Crippen LogP contribution in [-0.2, 0) is 0 Å². The van der Waals surface area contributed by atoms with Crippen LogP contribution in [-0.4, -0.2) is 13.0 Å².